The molecule has 0 spiro atoms. The van der Waals surface area contributed by atoms with Crippen molar-refractivity contribution in [1.82, 2.24) is 10.2 Å². The van der Waals surface area contributed by atoms with E-state index in [-0.39, 0.29) is 6.10 Å². The van der Waals surface area contributed by atoms with E-state index in [1.165, 1.54) is 14.2 Å². The number of hydrogen-bond acceptors (Lipinski definition) is 4. The fourth-order valence-corrected chi connectivity index (χ4v) is 4.19. The van der Waals surface area contributed by atoms with Gasteiger partial charge in [0, 0.05) is 33.4 Å². The number of hydrogen-bond donors (Lipinski definition) is 1. The lowest BCUT2D eigenvalue weighted by atomic mass is 10.1. The van der Waals surface area contributed by atoms with Gasteiger partial charge in [0.25, 0.3) is 0 Å². The van der Waals surface area contributed by atoms with Gasteiger partial charge in [-0.25, -0.2) is 0 Å². The third kappa shape index (κ3) is 3.79. The molecule has 0 saturated carbocycles. The van der Waals surface area contributed by atoms with E-state index in [0.717, 1.165) is 19.7 Å². The zero-order chi connectivity index (χ0) is 14.0. The lowest BCUT2D eigenvalue weighted by molar-refractivity contribution is -0.0608. The fourth-order valence-electron chi connectivity index (χ4n) is 2.41. The number of thiophene rings is 1. The second-order valence-corrected chi connectivity index (χ2v) is 7.59. The molecule has 1 aromatic heterocycles. The lowest BCUT2D eigenvalue weighted by Gasteiger charge is -2.39. The van der Waals surface area contributed by atoms with E-state index in [1.54, 1.807) is 0 Å². The molecule has 1 N–H and O–H groups in total. The van der Waals surface area contributed by atoms with E-state index in [4.69, 9.17) is 4.74 Å². The van der Waals surface area contributed by atoms with Crippen molar-refractivity contribution in [3.05, 3.63) is 20.3 Å². The Kier molecular flexibility index (Phi) is 5.43. The van der Waals surface area contributed by atoms with Crippen LogP contribution in [0.1, 0.15) is 29.6 Å². The van der Waals surface area contributed by atoms with Crippen molar-refractivity contribution in [2.24, 2.45) is 0 Å². The molecule has 0 aromatic carbocycles. The highest BCUT2D eigenvalue weighted by atomic mass is 79.9. The maximum Gasteiger partial charge on any atom is 0.0904 e. The first-order valence-electron chi connectivity index (χ1n) is 6.80. The number of aryl methyl sites for hydroxylation is 1. The van der Waals surface area contributed by atoms with Gasteiger partial charge in [-0.3, -0.25) is 4.90 Å². The highest BCUT2D eigenvalue weighted by Crippen LogP contribution is 2.36. The third-order valence-electron chi connectivity index (χ3n) is 3.50. The maximum absolute atomic E-state index is 6.00. The molecule has 1 aromatic rings. The SMILES string of the molecule is Cc1sc(C2C(CNC(C)C)OCCN2C)cc1Br. The van der Waals surface area contributed by atoms with Gasteiger partial charge in [-0.15, -0.1) is 11.3 Å². The molecule has 1 fully saturated rings. The largest absolute Gasteiger partial charge is 0.374 e. The Morgan fingerprint density at radius 3 is 2.89 bits per heavy atom. The van der Waals surface area contributed by atoms with Crippen molar-refractivity contribution < 1.29 is 4.74 Å². The second kappa shape index (κ2) is 6.68. The van der Waals surface area contributed by atoms with Crippen LogP contribution < -0.4 is 5.32 Å². The molecule has 2 unspecified atom stereocenters. The van der Waals surface area contributed by atoms with Crippen LogP contribution in [0, 0.1) is 6.92 Å². The minimum atomic E-state index is 0.228. The Balaban J connectivity index is 2.15. The van der Waals surface area contributed by atoms with Gasteiger partial charge in [0.05, 0.1) is 18.8 Å². The van der Waals surface area contributed by atoms with Crippen LogP contribution in [0.15, 0.2) is 10.5 Å². The van der Waals surface area contributed by atoms with Crippen LogP contribution in [0.25, 0.3) is 0 Å². The molecular weight excluding hydrogens is 324 g/mol. The molecule has 108 valence electrons. The summed E-state index contributed by atoms with van der Waals surface area (Å²) in [5.41, 5.74) is 0. The zero-order valence-electron chi connectivity index (χ0n) is 12.1. The van der Waals surface area contributed by atoms with Crippen molar-refractivity contribution in [2.75, 3.05) is 26.7 Å². The van der Waals surface area contributed by atoms with Crippen molar-refractivity contribution in [2.45, 2.75) is 39.0 Å². The summed E-state index contributed by atoms with van der Waals surface area (Å²) >= 11 is 5.49. The Bertz CT molecular complexity index is 402. The van der Waals surface area contributed by atoms with Gasteiger partial charge >= 0.3 is 0 Å². The fraction of sp³-hybridized carbons (Fsp3) is 0.714. The number of ether oxygens (including phenoxy) is 1. The number of likely N-dealkylation sites (N-methyl/N-ethyl adjacent to an activating group) is 1. The minimum Gasteiger partial charge on any atom is -0.374 e. The predicted molar refractivity (Wildman–Crippen MR) is 85.0 cm³/mol. The first-order valence-corrected chi connectivity index (χ1v) is 8.41. The van der Waals surface area contributed by atoms with Gasteiger partial charge in [0.1, 0.15) is 0 Å². The van der Waals surface area contributed by atoms with Crippen LogP contribution in [0.5, 0.6) is 0 Å². The molecular formula is C14H23BrN2OS. The van der Waals surface area contributed by atoms with Gasteiger partial charge in [0.2, 0.25) is 0 Å². The van der Waals surface area contributed by atoms with Crippen LogP contribution in [-0.4, -0.2) is 43.8 Å². The molecule has 3 nitrogen and oxygen atoms in total. The Morgan fingerprint density at radius 1 is 1.58 bits per heavy atom. The van der Waals surface area contributed by atoms with Crippen molar-refractivity contribution >= 4 is 27.3 Å². The standard InChI is InChI=1S/C14H23BrN2OS/c1-9(2)16-8-12-14(17(4)5-6-18-12)13-7-11(15)10(3)19-13/h7,9,12,14,16H,5-6,8H2,1-4H3. The van der Waals surface area contributed by atoms with Crippen molar-refractivity contribution in [3.8, 4) is 0 Å². The molecule has 5 heteroatoms. The van der Waals surface area contributed by atoms with Crippen LogP contribution in [0.4, 0.5) is 0 Å². The Labute approximate surface area is 128 Å². The monoisotopic (exact) mass is 346 g/mol. The van der Waals surface area contributed by atoms with Gasteiger partial charge in [-0.2, -0.15) is 0 Å². The van der Waals surface area contributed by atoms with E-state index in [0.29, 0.717) is 12.1 Å². The molecule has 0 amide bonds. The van der Waals surface area contributed by atoms with E-state index in [2.05, 4.69) is 60.0 Å². The zero-order valence-corrected chi connectivity index (χ0v) is 14.5. The summed E-state index contributed by atoms with van der Waals surface area (Å²) in [5, 5.41) is 3.50. The summed E-state index contributed by atoms with van der Waals surface area (Å²) < 4.78 is 7.21. The molecule has 0 aliphatic carbocycles. The van der Waals surface area contributed by atoms with Crippen LogP contribution in [0.2, 0.25) is 0 Å². The Hall–Kier alpha value is 0.0600. The highest BCUT2D eigenvalue weighted by Gasteiger charge is 2.32. The summed E-state index contributed by atoms with van der Waals surface area (Å²) in [4.78, 5) is 5.14. The molecule has 1 aliphatic heterocycles. The van der Waals surface area contributed by atoms with E-state index in [9.17, 15) is 0 Å². The lowest BCUT2D eigenvalue weighted by Crippen LogP contribution is -2.48. The minimum absolute atomic E-state index is 0.228. The first kappa shape index (κ1) is 15.4. The van der Waals surface area contributed by atoms with Gasteiger partial charge in [-0.05, 0) is 36.0 Å². The summed E-state index contributed by atoms with van der Waals surface area (Å²) in [5.74, 6) is 0. The maximum atomic E-state index is 6.00. The van der Waals surface area contributed by atoms with Gasteiger partial charge < -0.3 is 10.1 Å². The van der Waals surface area contributed by atoms with Gasteiger partial charge in [-0.1, -0.05) is 13.8 Å². The number of halogens is 1. The quantitative estimate of drug-likeness (QED) is 0.905. The molecule has 2 atom stereocenters. The average Bonchev–Trinajstić information content (AvgIpc) is 2.66. The van der Waals surface area contributed by atoms with E-state index in [1.807, 2.05) is 11.3 Å². The molecule has 19 heavy (non-hydrogen) atoms. The smallest absolute Gasteiger partial charge is 0.0904 e. The summed E-state index contributed by atoms with van der Waals surface area (Å²) in [6, 6.07) is 3.10. The summed E-state index contributed by atoms with van der Waals surface area (Å²) in [6.45, 7) is 9.23. The third-order valence-corrected chi connectivity index (χ3v) is 5.71. The topological polar surface area (TPSA) is 24.5 Å². The average molecular weight is 347 g/mol. The van der Waals surface area contributed by atoms with Crippen molar-refractivity contribution in [3.63, 3.8) is 0 Å². The van der Waals surface area contributed by atoms with Gasteiger partial charge in [0.15, 0.2) is 0 Å². The highest BCUT2D eigenvalue weighted by molar-refractivity contribution is 9.10. The van der Waals surface area contributed by atoms with Crippen LogP contribution >= 0.6 is 27.3 Å². The number of nitrogens with zero attached hydrogens (tertiary/aromatic N) is 1. The molecule has 2 heterocycles. The van der Waals surface area contributed by atoms with Crippen molar-refractivity contribution in [1.29, 1.82) is 0 Å². The summed E-state index contributed by atoms with van der Waals surface area (Å²) in [7, 11) is 2.19. The number of nitrogens with one attached hydrogen (secondary N) is 1. The summed E-state index contributed by atoms with van der Waals surface area (Å²) in [6.07, 6.45) is 0.228. The molecule has 0 radical (unpaired) electrons. The molecule has 2 rings (SSSR count). The normalized spacial score (nSPS) is 25.2. The van der Waals surface area contributed by atoms with Crippen LogP contribution in [-0.2, 0) is 4.74 Å². The second-order valence-electron chi connectivity index (χ2n) is 5.45. The number of morpholine rings is 1. The first-order chi connectivity index (χ1) is 8.99. The predicted octanol–water partition coefficient (Wildman–Crippen LogP) is 3.19. The molecule has 1 aliphatic rings. The number of rotatable bonds is 4. The Morgan fingerprint density at radius 2 is 2.32 bits per heavy atom. The molecule has 1 saturated heterocycles. The van der Waals surface area contributed by atoms with E-state index >= 15 is 0 Å². The van der Waals surface area contributed by atoms with Crippen LogP contribution in [0.3, 0.4) is 0 Å². The molecule has 0 bridgehead atoms. The van der Waals surface area contributed by atoms with E-state index < -0.39 is 0 Å².